The Bertz CT molecular complexity index is 1510. The van der Waals surface area contributed by atoms with Gasteiger partial charge in [0.05, 0.1) is 0 Å². The molecular weight excluding hydrogens is 407 g/mol. The lowest BCUT2D eigenvalue weighted by atomic mass is 9.94. The first kappa shape index (κ1) is 17.6. The van der Waals surface area contributed by atoms with E-state index in [2.05, 4.69) is 72.8 Å². The minimum absolute atomic E-state index is 0.267. The van der Waals surface area contributed by atoms with Gasteiger partial charge >= 0.3 is 0 Å². The molecule has 0 saturated heterocycles. The van der Waals surface area contributed by atoms with Crippen LogP contribution in [0.2, 0.25) is 0 Å². The SMILES string of the molecule is O=P1(C2CCCCC2)C2=C(C3=C1c1cccc4cccc3c14)c1cccc3cccc2c13. The number of rotatable bonds is 1. The van der Waals surface area contributed by atoms with E-state index in [0.29, 0.717) is 0 Å². The molecule has 1 saturated carbocycles. The molecule has 154 valence electrons. The molecule has 0 N–H and O–H groups in total. The summed E-state index contributed by atoms with van der Waals surface area (Å²) in [6.45, 7) is 0. The van der Waals surface area contributed by atoms with Crippen LogP contribution in [0.25, 0.3) is 43.3 Å². The van der Waals surface area contributed by atoms with E-state index in [1.165, 1.54) is 84.8 Å². The predicted molar refractivity (Wildman–Crippen MR) is 136 cm³/mol. The zero-order valence-corrected chi connectivity index (χ0v) is 18.8. The molecule has 1 fully saturated rings. The Morgan fingerprint density at radius 3 is 1.47 bits per heavy atom. The highest BCUT2D eigenvalue weighted by molar-refractivity contribution is 7.86. The third kappa shape index (κ3) is 1.88. The largest absolute Gasteiger partial charge is 0.313 e. The normalized spacial score (nSPS) is 20.5. The zero-order chi connectivity index (χ0) is 21.0. The van der Waals surface area contributed by atoms with Crippen LogP contribution in [0.5, 0.6) is 0 Å². The lowest BCUT2D eigenvalue weighted by Crippen LogP contribution is -2.14. The highest BCUT2D eigenvalue weighted by atomic mass is 31.2. The summed E-state index contributed by atoms with van der Waals surface area (Å²) in [7, 11) is -2.78. The van der Waals surface area contributed by atoms with Gasteiger partial charge in [-0.25, -0.2) is 0 Å². The zero-order valence-electron chi connectivity index (χ0n) is 17.9. The van der Waals surface area contributed by atoms with Crippen molar-refractivity contribution in [2.24, 2.45) is 0 Å². The fourth-order valence-corrected chi connectivity index (χ4v) is 11.4. The maximum absolute atomic E-state index is 15.7. The van der Waals surface area contributed by atoms with Crippen molar-refractivity contribution in [3.05, 3.63) is 95.1 Å². The fourth-order valence-electron chi connectivity index (χ4n) is 7.14. The molecule has 0 amide bonds. The van der Waals surface area contributed by atoms with Crippen LogP contribution in [-0.4, -0.2) is 5.66 Å². The van der Waals surface area contributed by atoms with Gasteiger partial charge in [0.25, 0.3) is 0 Å². The molecule has 1 nitrogen and oxygen atoms in total. The molecule has 0 bridgehead atoms. The van der Waals surface area contributed by atoms with Crippen LogP contribution in [0.3, 0.4) is 0 Å². The Morgan fingerprint density at radius 2 is 1.00 bits per heavy atom. The Hall–Kier alpha value is -2.89. The summed E-state index contributed by atoms with van der Waals surface area (Å²) in [6.07, 6.45) is 5.86. The average molecular weight is 430 g/mol. The van der Waals surface area contributed by atoms with Crippen LogP contribution in [0.1, 0.15) is 54.4 Å². The maximum atomic E-state index is 15.7. The second-order valence-corrected chi connectivity index (χ2v) is 12.8. The standard InChI is InChI=1S/C30H23OP/c31-32(20-12-2-1-3-13-20)29-23-16-6-10-18-8-4-14-21(25(18)23)27(29)28-22-15-5-9-19-11-7-17-24(26(19)22)30(28)32/h4-11,14-17,20H,1-3,12-13H2. The molecule has 4 aliphatic rings. The molecular formula is C30H23OP. The minimum Gasteiger partial charge on any atom is -0.313 e. The van der Waals surface area contributed by atoms with E-state index in [9.17, 15) is 0 Å². The Morgan fingerprint density at radius 1 is 0.562 bits per heavy atom. The second kappa shape index (κ2) is 5.91. The van der Waals surface area contributed by atoms with E-state index in [1.54, 1.807) is 0 Å². The van der Waals surface area contributed by atoms with Crippen molar-refractivity contribution in [2.45, 2.75) is 37.8 Å². The summed E-state index contributed by atoms with van der Waals surface area (Å²) in [5.74, 6) is 0. The summed E-state index contributed by atoms with van der Waals surface area (Å²) >= 11 is 0. The van der Waals surface area contributed by atoms with E-state index >= 15 is 4.57 Å². The van der Waals surface area contributed by atoms with Crippen LogP contribution in [0.4, 0.5) is 0 Å². The maximum Gasteiger partial charge on any atom is 0.148 e. The summed E-state index contributed by atoms with van der Waals surface area (Å²) in [5.41, 5.74) is 7.89. The van der Waals surface area contributed by atoms with Gasteiger partial charge in [0.2, 0.25) is 0 Å². The molecule has 32 heavy (non-hydrogen) atoms. The summed E-state index contributed by atoms with van der Waals surface area (Å²) in [5, 5.41) is 7.53. The molecule has 0 spiro atoms. The average Bonchev–Trinajstić information content (AvgIpc) is 3.45. The lowest BCUT2D eigenvalue weighted by molar-refractivity contribution is 0.491. The summed E-state index contributed by atoms with van der Waals surface area (Å²) in [6, 6.07) is 26.5. The van der Waals surface area contributed by atoms with Crippen molar-refractivity contribution >= 4 is 50.5 Å². The first-order chi connectivity index (χ1) is 15.8. The monoisotopic (exact) mass is 430 g/mol. The quantitative estimate of drug-likeness (QED) is 0.276. The van der Waals surface area contributed by atoms with E-state index in [0.717, 1.165) is 12.8 Å². The topological polar surface area (TPSA) is 17.1 Å². The van der Waals surface area contributed by atoms with Gasteiger partial charge < -0.3 is 4.57 Å². The molecule has 3 aliphatic carbocycles. The van der Waals surface area contributed by atoms with Gasteiger partial charge in [0, 0.05) is 27.4 Å². The van der Waals surface area contributed by atoms with Gasteiger partial charge in [-0.3, -0.25) is 0 Å². The fraction of sp³-hybridized carbons (Fsp3) is 0.200. The second-order valence-electron chi connectivity index (χ2n) is 9.82. The first-order valence-electron chi connectivity index (χ1n) is 11.9. The molecule has 8 rings (SSSR count). The van der Waals surface area contributed by atoms with Gasteiger partial charge in [-0.2, -0.15) is 0 Å². The van der Waals surface area contributed by atoms with Crippen molar-refractivity contribution in [3.63, 3.8) is 0 Å². The number of allylic oxidation sites excluding steroid dienone is 2. The van der Waals surface area contributed by atoms with E-state index in [1.807, 2.05) is 0 Å². The van der Waals surface area contributed by atoms with Crippen molar-refractivity contribution in [2.75, 3.05) is 0 Å². The molecule has 4 aromatic carbocycles. The van der Waals surface area contributed by atoms with Gasteiger partial charge in [-0.05, 0) is 56.6 Å². The molecule has 1 heterocycles. The van der Waals surface area contributed by atoms with Crippen molar-refractivity contribution < 1.29 is 4.57 Å². The third-order valence-corrected chi connectivity index (χ3v) is 12.1. The molecule has 1 aliphatic heterocycles. The van der Waals surface area contributed by atoms with Crippen molar-refractivity contribution in [1.29, 1.82) is 0 Å². The smallest absolute Gasteiger partial charge is 0.148 e. The van der Waals surface area contributed by atoms with Crippen LogP contribution in [0.15, 0.2) is 72.8 Å². The summed E-state index contributed by atoms with van der Waals surface area (Å²) < 4.78 is 15.7. The van der Waals surface area contributed by atoms with E-state index < -0.39 is 7.14 Å². The number of benzene rings is 4. The van der Waals surface area contributed by atoms with Crippen LogP contribution < -0.4 is 0 Å². The van der Waals surface area contributed by atoms with E-state index in [-0.39, 0.29) is 5.66 Å². The highest BCUT2D eigenvalue weighted by Crippen LogP contribution is 2.84. The predicted octanol–water partition coefficient (Wildman–Crippen LogP) is 8.77. The molecule has 0 aromatic heterocycles. The molecule has 2 heteroatoms. The highest BCUT2D eigenvalue weighted by Gasteiger charge is 2.54. The number of fused-ring (bicyclic) bond motifs is 5. The van der Waals surface area contributed by atoms with Gasteiger partial charge in [0.15, 0.2) is 0 Å². The Kier molecular flexibility index (Phi) is 3.26. The molecule has 4 aromatic rings. The minimum atomic E-state index is -2.78. The van der Waals surface area contributed by atoms with Gasteiger partial charge in [0.1, 0.15) is 7.14 Å². The van der Waals surface area contributed by atoms with Crippen LogP contribution in [0, 0.1) is 0 Å². The van der Waals surface area contributed by atoms with Gasteiger partial charge in [-0.15, -0.1) is 0 Å². The van der Waals surface area contributed by atoms with Gasteiger partial charge in [-0.1, -0.05) is 92.1 Å². The molecule has 0 unspecified atom stereocenters. The Balaban J connectivity index is 1.54. The van der Waals surface area contributed by atoms with Crippen molar-refractivity contribution in [3.8, 4) is 0 Å². The van der Waals surface area contributed by atoms with E-state index in [4.69, 9.17) is 0 Å². The third-order valence-electron chi connectivity index (χ3n) is 8.34. The number of hydrogen-bond donors (Lipinski definition) is 0. The lowest BCUT2D eigenvalue weighted by Gasteiger charge is -2.32. The molecule has 0 atom stereocenters. The van der Waals surface area contributed by atoms with Crippen molar-refractivity contribution in [1.82, 2.24) is 0 Å². The number of hydrogen-bond acceptors (Lipinski definition) is 1. The summed E-state index contributed by atoms with van der Waals surface area (Å²) in [4.78, 5) is 0. The van der Waals surface area contributed by atoms with Crippen LogP contribution in [-0.2, 0) is 4.57 Å². The Labute approximate surface area is 187 Å². The first-order valence-corrected chi connectivity index (χ1v) is 13.7. The van der Waals surface area contributed by atoms with Crippen LogP contribution >= 0.6 is 7.14 Å². The molecule has 0 radical (unpaired) electrons.